The minimum Gasteiger partial charge on any atom is -0.494 e. The maximum Gasteiger partial charge on any atom is 0.322 e. The Morgan fingerprint density at radius 2 is 2.19 bits per heavy atom. The fourth-order valence-corrected chi connectivity index (χ4v) is 2.32. The molecule has 0 unspecified atom stereocenters. The van der Waals surface area contributed by atoms with Crippen LogP contribution in [0.5, 0.6) is 5.75 Å². The quantitative estimate of drug-likeness (QED) is 0.761. The number of hydrogen-bond donors (Lipinski definition) is 2. The zero-order valence-electron chi connectivity index (χ0n) is 12.3. The molecule has 1 aromatic heterocycles. The Bertz CT molecular complexity index is 547. The number of amides is 1. The molecule has 1 aliphatic heterocycles. The van der Waals surface area contributed by atoms with Gasteiger partial charge in [-0.05, 0) is 19.4 Å². The molecule has 0 spiro atoms. The van der Waals surface area contributed by atoms with Crippen molar-refractivity contribution in [1.29, 1.82) is 0 Å². The van der Waals surface area contributed by atoms with Gasteiger partial charge in [0, 0.05) is 18.3 Å². The molecule has 0 saturated carbocycles. The van der Waals surface area contributed by atoms with Crippen LogP contribution in [0.4, 0.5) is 0 Å². The Balaban J connectivity index is 2.03. The number of esters is 1. The predicted octanol–water partition coefficient (Wildman–Crippen LogP) is 0.0319. The second-order valence-electron chi connectivity index (χ2n) is 4.92. The number of rotatable bonds is 4. The van der Waals surface area contributed by atoms with E-state index in [2.05, 4.69) is 20.4 Å². The van der Waals surface area contributed by atoms with E-state index in [1.807, 2.05) is 0 Å². The molecule has 1 aliphatic rings. The summed E-state index contributed by atoms with van der Waals surface area (Å²) in [6.45, 7) is 2.33. The first-order valence-electron chi connectivity index (χ1n) is 6.68. The van der Waals surface area contributed by atoms with Crippen LogP contribution in [-0.4, -0.2) is 49.7 Å². The number of nitrogens with one attached hydrogen (secondary N) is 2. The molecule has 7 nitrogen and oxygen atoms in total. The molecule has 1 aromatic rings. The van der Waals surface area contributed by atoms with Crippen molar-refractivity contribution in [2.24, 2.45) is 0 Å². The van der Waals surface area contributed by atoms with Crippen molar-refractivity contribution in [3.05, 3.63) is 23.5 Å². The number of carbonyl (C=O) groups excluding carboxylic acids is 2. The summed E-state index contributed by atoms with van der Waals surface area (Å²) in [6.07, 6.45) is 2.03. The van der Waals surface area contributed by atoms with Crippen LogP contribution in [0.25, 0.3) is 0 Å². The molecule has 0 aromatic carbocycles. The van der Waals surface area contributed by atoms with Crippen molar-refractivity contribution in [3.8, 4) is 5.75 Å². The van der Waals surface area contributed by atoms with Gasteiger partial charge in [0.15, 0.2) is 0 Å². The van der Waals surface area contributed by atoms with E-state index in [9.17, 15) is 9.59 Å². The standard InChI is InChI=1S/C14H19N3O4/c1-8-4-10(12(20-2)7-15-8)13(18)17-9-5-11(16-6-9)14(19)21-3/h4,7,9,11,16H,5-6H2,1-3H3,(H,17,18)/t9-,11-/m0/s1. The molecule has 0 bridgehead atoms. The van der Waals surface area contributed by atoms with Crippen LogP contribution >= 0.6 is 0 Å². The average molecular weight is 293 g/mol. The Hall–Kier alpha value is -2.15. The first kappa shape index (κ1) is 15.2. The summed E-state index contributed by atoms with van der Waals surface area (Å²) in [6, 6.07) is 1.18. The fraction of sp³-hybridized carbons (Fsp3) is 0.500. The van der Waals surface area contributed by atoms with Crippen LogP contribution in [0.1, 0.15) is 22.5 Å². The lowest BCUT2D eigenvalue weighted by Gasteiger charge is -2.14. The number of methoxy groups -OCH3 is 2. The Kier molecular flexibility index (Phi) is 4.74. The third-order valence-corrected chi connectivity index (χ3v) is 3.42. The molecular formula is C14H19N3O4. The van der Waals surface area contributed by atoms with Gasteiger partial charge in [-0.3, -0.25) is 14.6 Å². The highest BCUT2D eigenvalue weighted by Gasteiger charge is 2.31. The summed E-state index contributed by atoms with van der Waals surface area (Å²) >= 11 is 0. The number of ether oxygens (including phenoxy) is 2. The Morgan fingerprint density at radius 1 is 1.43 bits per heavy atom. The summed E-state index contributed by atoms with van der Waals surface area (Å²) in [4.78, 5) is 27.8. The monoisotopic (exact) mass is 293 g/mol. The highest BCUT2D eigenvalue weighted by molar-refractivity contribution is 5.97. The summed E-state index contributed by atoms with van der Waals surface area (Å²) in [5.41, 5.74) is 1.17. The van der Waals surface area contributed by atoms with Gasteiger partial charge < -0.3 is 20.1 Å². The zero-order valence-corrected chi connectivity index (χ0v) is 12.3. The van der Waals surface area contributed by atoms with Crippen molar-refractivity contribution < 1.29 is 19.1 Å². The fourth-order valence-electron chi connectivity index (χ4n) is 2.32. The summed E-state index contributed by atoms with van der Waals surface area (Å²) in [5, 5.41) is 5.91. The highest BCUT2D eigenvalue weighted by Crippen LogP contribution is 2.18. The van der Waals surface area contributed by atoms with Crippen molar-refractivity contribution in [1.82, 2.24) is 15.6 Å². The summed E-state index contributed by atoms with van der Waals surface area (Å²) in [5.74, 6) is -0.132. The number of nitrogens with zero attached hydrogens (tertiary/aromatic N) is 1. The van der Waals surface area contributed by atoms with Crippen LogP contribution in [0.3, 0.4) is 0 Å². The molecule has 2 atom stereocenters. The molecule has 2 heterocycles. The molecular weight excluding hydrogens is 274 g/mol. The minimum absolute atomic E-state index is 0.125. The number of hydrogen-bond acceptors (Lipinski definition) is 6. The maximum atomic E-state index is 12.3. The van der Waals surface area contributed by atoms with Crippen LogP contribution in [0.15, 0.2) is 12.3 Å². The normalized spacial score (nSPS) is 20.9. The van der Waals surface area contributed by atoms with Crippen LogP contribution in [0.2, 0.25) is 0 Å². The minimum atomic E-state index is -0.374. The molecule has 114 valence electrons. The van der Waals surface area contributed by atoms with Crippen molar-refractivity contribution in [2.45, 2.75) is 25.4 Å². The van der Waals surface area contributed by atoms with Gasteiger partial charge in [0.25, 0.3) is 5.91 Å². The molecule has 21 heavy (non-hydrogen) atoms. The van der Waals surface area contributed by atoms with Crippen LogP contribution in [0, 0.1) is 6.92 Å². The Labute approximate surface area is 123 Å². The van der Waals surface area contributed by atoms with Gasteiger partial charge in [0.05, 0.1) is 26.0 Å². The third-order valence-electron chi connectivity index (χ3n) is 3.42. The summed E-state index contributed by atoms with van der Waals surface area (Å²) in [7, 11) is 2.84. The first-order chi connectivity index (χ1) is 10.0. The van der Waals surface area contributed by atoms with Crippen molar-refractivity contribution >= 4 is 11.9 Å². The summed E-state index contributed by atoms with van der Waals surface area (Å²) < 4.78 is 9.83. The molecule has 0 radical (unpaired) electrons. The van der Waals surface area contributed by atoms with E-state index in [4.69, 9.17) is 4.74 Å². The van der Waals surface area contributed by atoms with E-state index < -0.39 is 0 Å². The van der Waals surface area contributed by atoms with Gasteiger partial charge >= 0.3 is 5.97 Å². The van der Waals surface area contributed by atoms with E-state index in [1.54, 1.807) is 13.0 Å². The lowest BCUT2D eigenvalue weighted by Crippen LogP contribution is -2.36. The van der Waals surface area contributed by atoms with E-state index in [1.165, 1.54) is 20.4 Å². The van der Waals surface area contributed by atoms with Gasteiger partial charge in [-0.2, -0.15) is 0 Å². The second kappa shape index (κ2) is 6.53. The van der Waals surface area contributed by atoms with E-state index in [0.29, 0.717) is 24.3 Å². The molecule has 7 heteroatoms. The predicted molar refractivity (Wildman–Crippen MR) is 75.2 cm³/mol. The SMILES string of the molecule is COC(=O)[C@@H]1C[C@H](NC(=O)c2cc(C)ncc2OC)CN1. The second-order valence-corrected chi connectivity index (χ2v) is 4.92. The molecule has 2 rings (SSSR count). The van der Waals surface area contributed by atoms with Gasteiger partial charge in [-0.25, -0.2) is 0 Å². The van der Waals surface area contributed by atoms with E-state index in [-0.39, 0.29) is 24.0 Å². The highest BCUT2D eigenvalue weighted by atomic mass is 16.5. The van der Waals surface area contributed by atoms with E-state index in [0.717, 1.165) is 5.69 Å². The molecule has 0 aliphatic carbocycles. The lowest BCUT2D eigenvalue weighted by atomic mass is 10.1. The number of carbonyl (C=O) groups is 2. The number of aryl methyl sites for hydroxylation is 1. The van der Waals surface area contributed by atoms with Gasteiger partial charge in [-0.15, -0.1) is 0 Å². The molecule has 1 amide bonds. The lowest BCUT2D eigenvalue weighted by molar-refractivity contribution is -0.142. The first-order valence-corrected chi connectivity index (χ1v) is 6.68. The van der Waals surface area contributed by atoms with Crippen molar-refractivity contribution in [2.75, 3.05) is 20.8 Å². The number of pyridine rings is 1. The molecule has 1 fully saturated rings. The Morgan fingerprint density at radius 3 is 2.86 bits per heavy atom. The maximum absolute atomic E-state index is 12.3. The zero-order chi connectivity index (χ0) is 15.4. The van der Waals surface area contributed by atoms with Gasteiger partial charge in [-0.1, -0.05) is 0 Å². The van der Waals surface area contributed by atoms with Crippen LogP contribution < -0.4 is 15.4 Å². The molecule has 2 N–H and O–H groups in total. The van der Waals surface area contributed by atoms with Crippen LogP contribution in [-0.2, 0) is 9.53 Å². The smallest absolute Gasteiger partial charge is 0.322 e. The van der Waals surface area contributed by atoms with Crippen molar-refractivity contribution in [3.63, 3.8) is 0 Å². The van der Waals surface area contributed by atoms with Gasteiger partial charge in [0.2, 0.25) is 0 Å². The molecule has 1 saturated heterocycles. The largest absolute Gasteiger partial charge is 0.494 e. The van der Waals surface area contributed by atoms with E-state index >= 15 is 0 Å². The average Bonchev–Trinajstić information content (AvgIpc) is 2.94. The van der Waals surface area contributed by atoms with Gasteiger partial charge in [0.1, 0.15) is 11.8 Å². The topological polar surface area (TPSA) is 89.5 Å². The third kappa shape index (κ3) is 3.49. The number of aromatic nitrogens is 1.